The lowest BCUT2D eigenvalue weighted by Crippen LogP contribution is -2.39. The number of hydrogen-bond acceptors (Lipinski definition) is 4. The number of hydrogen-bond donors (Lipinski definition) is 1. The Morgan fingerprint density at radius 2 is 1.93 bits per heavy atom. The lowest BCUT2D eigenvalue weighted by molar-refractivity contribution is -0.136. The fourth-order valence-electron chi connectivity index (χ4n) is 3.10. The van der Waals surface area contributed by atoms with Gasteiger partial charge in [0.2, 0.25) is 17.7 Å². The summed E-state index contributed by atoms with van der Waals surface area (Å²) in [7, 11) is 1.71. The predicted molar refractivity (Wildman–Crippen MR) is 103 cm³/mol. The third-order valence-electron chi connectivity index (χ3n) is 4.46. The Balaban J connectivity index is 2.39. The van der Waals surface area contributed by atoms with E-state index in [1.165, 1.54) is 0 Å². The van der Waals surface area contributed by atoms with E-state index in [1.54, 1.807) is 16.8 Å². The summed E-state index contributed by atoms with van der Waals surface area (Å²) >= 11 is 0. The lowest BCUT2D eigenvalue weighted by Gasteiger charge is -2.30. The van der Waals surface area contributed by atoms with Crippen molar-refractivity contribution in [2.75, 3.05) is 31.6 Å². The van der Waals surface area contributed by atoms with Gasteiger partial charge in [0, 0.05) is 37.7 Å². The molecule has 2 N–H and O–H groups in total. The molecule has 1 aromatic rings. The summed E-state index contributed by atoms with van der Waals surface area (Å²) in [5.74, 6) is -0.694. The Labute approximate surface area is 160 Å². The van der Waals surface area contributed by atoms with Crippen LogP contribution in [0.4, 0.5) is 5.69 Å². The van der Waals surface area contributed by atoms with Crippen LogP contribution in [0.5, 0.6) is 0 Å². The standard InChI is InChI=1S/C20H29N3O4/c1-20(2,3)11-19(26)23-10-9-18(25)22(4)15-8-6-5-7-14(15)16(12-23)27-13-17(21)24/h5-8,16H,9-13H2,1-4H3,(H2,21,24). The molecular weight excluding hydrogens is 346 g/mol. The molecule has 1 atom stereocenters. The first-order chi connectivity index (χ1) is 12.6. The van der Waals surface area contributed by atoms with Crippen molar-refractivity contribution in [3.05, 3.63) is 29.8 Å². The van der Waals surface area contributed by atoms with Gasteiger partial charge in [-0.15, -0.1) is 0 Å². The number of ether oxygens (including phenoxy) is 1. The monoisotopic (exact) mass is 375 g/mol. The summed E-state index contributed by atoms with van der Waals surface area (Å²) in [5, 5.41) is 0. The molecule has 0 spiro atoms. The molecule has 1 aromatic carbocycles. The quantitative estimate of drug-likeness (QED) is 0.869. The summed E-state index contributed by atoms with van der Waals surface area (Å²) in [6, 6.07) is 7.37. The molecule has 7 heteroatoms. The van der Waals surface area contributed by atoms with Gasteiger partial charge in [-0.25, -0.2) is 0 Å². The molecule has 27 heavy (non-hydrogen) atoms. The predicted octanol–water partition coefficient (Wildman–Crippen LogP) is 1.86. The van der Waals surface area contributed by atoms with Crippen LogP contribution in [0, 0.1) is 5.41 Å². The molecule has 1 unspecified atom stereocenters. The van der Waals surface area contributed by atoms with E-state index in [-0.39, 0.29) is 36.8 Å². The number of carbonyl (C=O) groups excluding carboxylic acids is 3. The Morgan fingerprint density at radius 3 is 2.56 bits per heavy atom. The molecule has 0 saturated heterocycles. The molecule has 0 bridgehead atoms. The average molecular weight is 375 g/mol. The van der Waals surface area contributed by atoms with Crippen LogP contribution in [-0.2, 0) is 19.1 Å². The first-order valence-electron chi connectivity index (χ1n) is 9.11. The van der Waals surface area contributed by atoms with Gasteiger partial charge >= 0.3 is 0 Å². The van der Waals surface area contributed by atoms with Crippen molar-refractivity contribution in [1.82, 2.24) is 4.90 Å². The maximum atomic E-state index is 12.8. The van der Waals surface area contributed by atoms with Crippen molar-refractivity contribution in [2.24, 2.45) is 11.1 Å². The third-order valence-corrected chi connectivity index (χ3v) is 4.46. The van der Waals surface area contributed by atoms with E-state index in [1.807, 2.05) is 45.0 Å². The Bertz CT molecular complexity index is 711. The number of anilines is 1. The molecule has 3 amide bonds. The Morgan fingerprint density at radius 1 is 1.26 bits per heavy atom. The molecule has 1 aliphatic rings. The molecule has 1 aliphatic heterocycles. The summed E-state index contributed by atoms with van der Waals surface area (Å²) in [6.07, 6.45) is 0.0377. The van der Waals surface area contributed by atoms with Crippen LogP contribution in [0.15, 0.2) is 24.3 Å². The van der Waals surface area contributed by atoms with Gasteiger partial charge in [0.15, 0.2) is 0 Å². The minimum Gasteiger partial charge on any atom is -0.368 e. The van der Waals surface area contributed by atoms with Crippen LogP contribution in [0.1, 0.15) is 45.3 Å². The van der Waals surface area contributed by atoms with E-state index in [0.29, 0.717) is 18.7 Å². The molecule has 0 aromatic heterocycles. The van der Waals surface area contributed by atoms with Gasteiger partial charge in [0.1, 0.15) is 12.7 Å². The van der Waals surface area contributed by atoms with Gasteiger partial charge in [0.25, 0.3) is 0 Å². The number of benzene rings is 1. The zero-order valence-corrected chi connectivity index (χ0v) is 16.5. The number of carbonyl (C=O) groups is 3. The van der Waals surface area contributed by atoms with Crippen molar-refractivity contribution >= 4 is 23.4 Å². The molecule has 7 nitrogen and oxygen atoms in total. The Kier molecular flexibility index (Phi) is 6.59. The SMILES string of the molecule is CN1C(=O)CCN(C(=O)CC(C)(C)C)CC(OCC(N)=O)c2ccccc21. The maximum Gasteiger partial charge on any atom is 0.243 e. The van der Waals surface area contributed by atoms with Crippen molar-refractivity contribution in [1.29, 1.82) is 0 Å². The average Bonchev–Trinajstić information content (AvgIpc) is 2.62. The first kappa shape index (κ1) is 20.9. The molecule has 0 saturated carbocycles. The van der Waals surface area contributed by atoms with E-state index >= 15 is 0 Å². The molecular formula is C20H29N3O4. The van der Waals surface area contributed by atoms with E-state index in [2.05, 4.69) is 0 Å². The van der Waals surface area contributed by atoms with E-state index in [0.717, 1.165) is 5.56 Å². The number of primary amides is 1. The highest BCUT2D eigenvalue weighted by Crippen LogP contribution is 2.31. The van der Waals surface area contributed by atoms with Crippen LogP contribution in [0.3, 0.4) is 0 Å². The van der Waals surface area contributed by atoms with Crippen molar-refractivity contribution in [2.45, 2.75) is 39.7 Å². The first-order valence-corrected chi connectivity index (χ1v) is 9.11. The van der Waals surface area contributed by atoms with E-state index in [4.69, 9.17) is 10.5 Å². The molecule has 2 rings (SSSR count). The van der Waals surface area contributed by atoms with Crippen LogP contribution in [0.2, 0.25) is 0 Å². The van der Waals surface area contributed by atoms with E-state index in [9.17, 15) is 14.4 Å². The number of fused-ring (bicyclic) bond motifs is 1. The van der Waals surface area contributed by atoms with Crippen molar-refractivity contribution in [3.63, 3.8) is 0 Å². The highest BCUT2D eigenvalue weighted by Gasteiger charge is 2.30. The second-order valence-electron chi connectivity index (χ2n) is 8.10. The summed E-state index contributed by atoms with van der Waals surface area (Å²) in [4.78, 5) is 39.9. The minimum atomic E-state index is -0.579. The second kappa shape index (κ2) is 8.52. The zero-order valence-electron chi connectivity index (χ0n) is 16.5. The highest BCUT2D eigenvalue weighted by molar-refractivity contribution is 5.94. The number of para-hydroxylation sites is 1. The van der Waals surface area contributed by atoms with Gasteiger partial charge in [-0.1, -0.05) is 39.0 Å². The van der Waals surface area contributed by atoms with Gasteiger partial charge in [-0.05, 0) is 11.5 Å². The fraction of sp³-hybridized carbons (Fsp3) is 0.550. The van der Waals surface area contributed by atoms with Crippen LogP contribution in [-0.4, -0.2) is 49.4 Å². The number of nitrogens with zero attached hydrogens (tertiary/aromatic N) is 2. The normalized spacial score (nSPS) is 18.4. The number of nitrogens with two attached hydrogens (primary N) is 1. The summed E-state index contributed by atoms with van der Waals surface area (Å²) in [6.45, 7) is 6.31. The molecule has 1 heterocycles. The smallest absolute Gasteiger partial charge is 0.243 e. The van der Waals surface area contributed by atoms with Crippen molar-refractivity contribution < 1.29 is 19.1 Å². The largest absolute Gasteiger partial charge is 0.368 e. The lowest BCUT2D eigenvalue weighted by atomic mass is 9.91. The molecule has 0 fully saturated rings. The maximum absolute atomic E-state index is 12.8. The van der Waals surface area contributed by atoms with Crippen molar-refractivity contribution in [3.8, 4) is 0 Å². The Hall–Kier alpha value is -2.41. The summed E-state index contributed by atoms with van der Waals surface area (Å²) < 4.78 is 5.75. The topological polar surface area (TPSA) is 92.9 Å². The van der Waals surface area contributed by atoms with Gasteiger partial charge in [-0.2, -0.15) is 0 Å². The fourth-order valence-corrected chi connectivity index (χ4v) is 3.10. The molecule has 0 aliphatic carbocycles. The number of amides is 3. The minimum absolute atomic E-state index is 0.0370. The second-order valence-corrected chi connectivity index (χ2v) is 8.10. The van der Waals surface area contributed by atoms with Gasteiger partial charge < -0.3 is 20.3 Å². The van der Waals surface area contributed by atoms with Crippen LogP contribution < -0.4 is 10.6 Å². The van der Waals surface area contributed by atoms with Crippen LogP contribution in [0.25, 0.3) is 0 Å². The third kappa shape index (κ3) is 5.79. The zero-order chi connectivity index (χ0) is 20.2. The van der Waals surface area contributed by atoms with Gasteiger partial charge in [-0.3, -0.25) is 14.4 Å². The number of rotatable bonds is 4. The van der Waals surface area contributed by atoms with Gasteiger partial charge in [0.05, 0.1) is 6.54 Å². The summed E-state index contributed by atoms with van der Waals surface area (Å²) in [5.41, 5.74) is 6.54. The van der Waals surface area contributed by atoms with E-state index < -0.39 is 12.0 Å². The highest BCUT2D eigenvalue weighted by atomic mass is 16.5. The molecule has 148 valence electrons. The molecule has 0 radical (unpaired) electrons. The van der Waals surface area contributed by atoms with Crippen LogP contribution >= 0.6 is 0 Å².